The van der Waals surface area contributed by atoms with Gasteiger partial charge in [0, 0.05) is 7.14 Å². The molecule has 3 rings (SSSR count). The molecule has 0 fully saturated rings. The van der Waals surface area contributed by atoms with Crippen LogP contribution in [-0.2, 0) is 0 Å². The molecule has 0 aliphatic carbocycles. The highest BCUT2D eigenvalue weighted by molar-refractivity contribution is 14.1. The molecular weight excluding hydrogens is 501 g/mol. The maximum atomic E-state index is 2.36. The second-order valence-electron chi connectivity index (χ2n) is 4.62. The van der Waals surface area contributed by atoms with Crippen LogP contribution in [0.4, 0.5) is 0 Å². The lowest BCUT2D eigenvalue weighted by Gasteiger charge is -2.19. The molecule has 0 saturated heterocycles. The zero-order valence-electron chi connectivity index (χ0n) is 11.2. The lowest BCUT2D eigenvalue weighted by molar-refractivity contribution is 1.67. The van der Waals surface area contributed by atoms with Gasteiger partial charge in [0.1, 0.15) is 0 Å². The van der Waals surface area contributed by atoms with E-state index >= 15 is 0 Å². The van der Waals surface area contributed by atoms with Crippen LogP contribution in [0.15, 0.2) is 78.9 Å². The van der Waals surface area contributed by atoms with Crippen LogP contribution >= 0.6 is 53.1 Å². The highest BCUT2D eigenvalue weighted by Gasteiger charge is 2.15. The highest BCUT2D eigenvalue weighted by atomic mass is 127. The Bertz CT molecular complexity index is 661. The number of benzene rings is 3. The smallest absolute Gasteiger partial charge is 0.0130 e. The molecule has 0 spiro atoms. The summed E-state index contributed by atoms with van der Waals surface area (Å²) in [6.07, 6.45) is 0. The first-order chi connectivity index (χ1) is 10.2. The first-order valence-corrected chi connectivity index (χ1v) is 10.1. The molecule has 0 saturated carbocycles. The SMILES string of the molecule is Ic1ccc(P(c2ccccc2)c2ccc(I)cc2)cc1. The van der Waals surface area contributed by atoms with Crippen molar-refractivity contribution >= 4 is 69.0 Å². The molecular formula is C18H13I2P. The van der Waals surface area contributed by atoms with E-state index in [1.807, 2.05) is 0 Å². The summed E-state index contributed by atoms with van der Waals surface area (Å²) in [7, 11) is -0.477. The topological polar surface area (TPSA) is 0 Å². The lowest BCUT2D eigenvalue weighted by atomic mass is 10.4. The molecule has 0 aromatic heterocycles. The van der Waals surface area contributed by atoms with Gasteiger partial charge in [0.2, 0.25) is 0 Å². The van der Waals surface area contributed by atoms with Crippen LogP contribution in [0.25, 0.3) is 0 Å². The Morgan fingerprint density at radius 1 is 0.476 bits per heavy atom. The maximum absolute atomic E-state index is 2.36. The van der Waals surface area contributed by atoms with Crippen LogP contribution in [0, 0.1) is 7.14 Å². The number of halogens is 2. The summed E-state index contributed by atoms with van der Waals surface area (Å²) in [5, 5.41) is 4.20. The number of hydrogen-bond donors (Lipinski definition) is 0. The van der Waals surface area contributed by atoms with E-state index < -0.39 is 7.92 Å². The van der Waals surface area contributed by atoms with Crippen LogP contribution in [0.2, 0.25) is 0 Å². The zero-order chi connectivity index (χ0) is 14.7. The summed E-state index contributed by atoms with van der Waals surface area (Å²) in [5.74, 6) is 0. The van der Waals surface area contributed by atoms with Gasteiger partial charge in [-0.3, -0.25) is 0 Å². The largest absolute Gasteiger partial charge is 0.0622 e. The van der Waals surface area contributed by atoms with Gasteiger partial charge in [-0.1, -0.05) is 54.6 Å². The average Bonchev–Trinajstić information content (AvgIpc) is 2.52. The Labute approximate surface area is 154 Å². The van der Waals surface area contributed by atoms with Gasteiger partial charge in [-0.15, -0.1) is 0 Å². The Balaban J connectivity index is 2.11. The molecule has 0 N–H and O–H groups in total. The minimum atomic E-state index is -0.477. The van der Waals surface area contributed by atoms with Crippen LogP contribution in [0.3, 0.4) is 0 Å². The van der Waals surface area contributed by atoms with Crippen LogP contribution in [0.5, 0.6) is 0 Å². The lowest BCUT2D eigenvalue weighted by Crippen LogP contribution is -2.20. The van der Waals surface area contributed by atoms with Crippen molar-refractivity contribution in [2.24, 2.45) is 0 Å². The maximum Gasteiger partial charge on any atom is 0.0130 e. The van der Waals surface area contributed by atoms with Crippen molar-refractivity contribution < 1.29 is 0 Å². The summed E-state index contributed by atoms with van der Waals surface area (Å²) in [4.78, 5) is 0. The fourth-order valence-electron chi connectivity index (χ4n) is 2.20. The van der Waals surface area contributed by atoms with Gasteiger partial charge in [-0.2, -0.15) is 0 Å². The molecule has 0 unspecified atom stereocenters. The van der Waals surface area contributed by atoms with E-state index in [9.17, 15) is 0 Å². The molecule has 0 aliphatic heterocycles. The molecule has 0 nitrogen and oxygen atoms in total. The van der Waals surface area contributed by atoms with E-state index in [1.54, 1.807) is 0 Å². The van der Waals surface area contributed by atoms with Crippen molar-refractivity contribution in [2.45, 2.75) is 0 Å². The normalized spacial score (nSPS) is 10.8. The fraction of sp³-hybridized carbons (Fsp3) is 0. The minimum Gasteiger partial charge on any atom is -0.0622 e. The molecule has 0 amide bonds. The first kappa shape index (κ1) is 15.4. The minimum absolute atomic E-state index is 0.477. The van der Waals surface area contributed by atoms with E-state index in [0.717, 1.165) is 0 Å². The average molecular weight is 514 g/mol. The summed E-state index contributed by atoms with van der Waals surface area (Å²) >= 11 is 4.72. The highest BCUT2D eigenvalue weighted by Crippen LogP contribution is 2.32. The third-order valence-electron chi connectivity index (χ3n) is 3.18. The monoisotopic (exact) mass is 514 g/mol. The van der Waals surface area contributed by atoms with Crippen LogP contribution in [-0.4, -0.2) is 0 Å². The number of hydrogen-bond acceptors (Lipinski definition) is 0. The second-order valence-corrected chi connectivity index (χ2v) is 9.34. The summed E-state index contributed by atoms with van der Waals surface area (Å²) in [5.41, 5.74) is 0. The van der Waals surface area contributed by atoms with Gasteiger partial charge in [-0.25, -0.2) is 0 Å². The van der Waals surface area contributed by atoms with Crippen molar-refractivity contribution in [3.63, 3.8) is 0 Å². The van der Waals surface area contributed by atoms with E-state index in [2.05, 4.69) is 124 Å². The molecule has 21 heavy (non-hydrogen) atoms. The third kappa shape index (κ3) is 3.85. The van der Waals surface area contributed by atoms with E-state index in [1.165, 1.54) is 23.1 Å². The van der Waals surface area contributed by atoms with Gasteiger partial charge in [0.15, 0.2) is 0 Å². The van der Waals surface area contributed by atoms with Crippen molar-refractivity contribution in [3.8, 4) is 0 Å². The van der Waals surface area contributed by atoms with Gasteiger partial charge in [0.25, 0.3) is 0 Å². The Morgan fingerprint density at radius 3 is 1.29 bits per heavy atom. The van der Waals surface area contributed by atoms with Crippen molar-refractivity contribution in [1.29, 1.82) is 0 Å². The number of rotatable bonds is 3. The van der Waals surface area contributed by atoms with Crippen LogP contribution < -0.4 is 15.9 Å². The predicted octanol–water partition coefficient (Wildman–Crippen LogP) is 4.65. The molecule has 3 heteroatoms. The Morgan fingerprint density at radius 2 is 0.857 bits per heavy atom. The molecule has 0 atom stereocenters. The Hall–Kier alpha value is -0.450. The van der Waals surface area contributed by atoms with Crippen molar-refractivity contribution in [1.82, 2.24) is 0 Å². The summed E-state index contributed by atoms with van der Waals surface area (Å²) in [6.45, 7) is 0. The van der Waals surface area contributed by atoms with Gasteiger partial charge >= 0.3 is 0 Å². The molecule has 104 valence electrons. The quantitative estimate of drug-likeness (QED) is 0.353. The fourth-order valence-corrected chi connectivity index (χ4v) is 5.18. The zero-order valence-corrected chi connectivity index (χ0v) is 16.4. The summed E-state index contributed by atoms with van der Waals surface area (Å²) in [6, 6.07) is 28.6. The molecule has 3 aromatic rings. The Kier molecular flexibility index (Phi) is 5.30. The molecule has 0 radical (unpaired) electrons. The van der Waals surface area contributed by atoms with Crippen molar-refractivity contribution in [2.75, 3.05) is 0 Å². The van der Waals surface area contributed by atoms with E-state index in [4.69, 9.17) is 0 Å². The molecule has 3 aromatic carbocycles. The summed E-state index contributed by atoms with van der Waals surface area (Å²) < 4.78 is 2.56. The standard InChI is InChI=1S/C18H13I2P/c19-14-6-10-17(11-7-14)21(16-4-2-1-3-5-16)18-12-8-15(20)9-13-18/h1-13H. The van der Waals surface area contributed by atoms with Gasteiger partial charge in [0.05, 0.1) is 0 Å². The predicted molar refractivity (Wildman–Crippen MR) is 111 cm³/mol. The van der Waals surface area contributed by atoms with Crippen molar-refractivity contribution in [3.05, 3.63) is 86.0 Å². The first-order valence-electron chi connectivity index (χ1n) is 6.60. The second kappa shape index (κ2) is 7.21. The van der Waals surface area contributed by atoms with E-state index in [0.29, 0.717) is 0 Å². The van der Waals surface area contributed by atoms with Gasteiger partial charge in [-0.05, 0) is 93.3 Å². The van der Waals surface area contributed by atoms with E-state index in [-0.39, 0.29) is 0 Å². The molecule has 0 heterocycles. The van der Waals surface area contributed by atoms with Gasteiger partial charge < -0.3 is 0 Å². The molecule has 0 aliphatic rings. The third-order valence-corrected chi connectivity index (χ3v) is 7.07. The van der Waals surface area contributed by atoms with Crippen LogP contribution in [0.1, 0.15) is 0 Å². The molecule has 0 bridgehead atoms.